The molecule has 94 valence electrons. The molecular formula is C10H20N2O4. The number of hydrogen-bond donors (Lipinski definition) is 3. The van der Waals surface area contributed by atoms with Crippen molar-refractivity contribution in [3.8, 4) is 0 Å². The minimum atomic E-state index is -1.13. The number of nitrogens with one attached hydrogen (secondary N) is 1. The van der Waals surface area contributed by atoms with Crippen LogP contribution in [0.1, 0.15) is 20.3 Å². The Balaban J connectivity index is 4.23. The molecule has 0 aromatic heterocycles. The average molecular weight is 232 g/mol. The SMILES string of the molecule is COCC(NC(=O)[C@@H](N)CC(C)C)C(=O)O. The summed E-state index contributed by atoms with van der Waals surface area (Å²) in [5.41, 5.74) is 5.62. The fourth-order valence-corrected chi connectivity index (χ4v) is 1.24. The lowest BCUT2D eigenvalue weighted by Crippen LogP contribution is -2.50. The van der Waals surface area contributed by atoms with Gasteiger partial charge in [0.15, 0.2) is 6.04 Å². The van der Waals surface area contributed by atoms with Crippen LogP contribution < -0.4 is 11.1 Å². The molecule has 0 saturated heterocycles. The van der Waals surface area contributed by atoms with Crippen molar-refractivity contribution in [2.45, 2.75) is 32.4 Å². The third kappa shape index (κ3) is 5.67. The molecule has 0 bridgehead atoms. The lowest BCUT2D eigenvalue weighted by Gasteiger charge is -2.18. The number of ether oxygens (including phenoxy) is 1. The van der Waals surface area contributed by atoms with Crippen LogP contribution in [0.15, 0.2) is 0 Å². The summed E-state index contributed by atoms with van der Waals surface area (Å²) in [6, 6.07) is -1.73. The zero-order valence-electron chi connectivity index (χ0n) is 9.90. The van der Waals surface area contributed by atoms with Crippen LogP contribution in [0.25, 0.3) is 0 Å². The standard InChI is InChI=1S/C10H20N2O4/c1-6(2)4-7(11)9(13)12-8(5-16-3)10(14)15/h6-8H,4-5,11H2,1-3H3,(H,12,13)(H,14,15)/t7-,8?/m0/s1. The van der Waals surface area contributed by atoms with Crippen molar-refractivity contribution >= 4 is 11.9 Å². The molecule has 2 atom stereocenters. The summed E-state index contributed by atoms with van der Waals surface area (Å²) in [4.78, 5) is 22.2. The zero-order chi connectivity index (χ0) is 12.7. The molecule has 0 spiro atoms. The maximum Gasteiger partial charge on any atom is 0.328 e. The lowest BCUT2D eigenvalue weighted by molar-refractivity contribution is -0.143. The summed E-state index contributed by atoms with van der Waals surface area (Å²) in [5, 5.41) is 11.1. The van der Waals surface area contributed by atoms with Gasteiger partial charge in [0.25, 0.3) is 0 Å². The number of hydrogen-bond acceptors (Lipinski definition) is 4. The van der Waals surface area contributed by atoms with E-state index in [2.05, 4.69) is 5.32 Å². The number of nitrogens with two attached hydrogens (primary N) is 1. The van der Waals surface area contributed by atoms with Crippen molar-refractivity contribution in [3.63, 3.8) is 0 Å². The predicted octanol–water partition coefficient (Wildman–Crippen LogP) is -0.424. The molecule has 0 aliphatic heterocycles. The molecule has 0 heterocycles. The first-order valence-corrected chi connectivity index (χ1v) is 5.16. The van der Waals surface area contributed by atoms with Gasteiger partial charge in [-0.25, -0.2) is 4.79 Å². The average Bonchev–Trinajstić information content (AvgIpc) is 2.15. The van der Waals surface area contributed by atoms with Gasteiger partial charge in [0.05, 0.1) is 12.6 Å². The number of amides is 1. The van der Waals surface area contributed by atoms with Crippen LogP contribution in [0, 0.1) is 5.92 Å². The second-order valence-corrected chi connectivity index (χ2v) is 4.09. The van der Waals surface area contributed by atoms with Crippen molar-refractivity contribution < 1.29 is 19.4 Å². The molecule has 1 unspecified atom stereocenters. The van der Waals surface area contributed by atoms with E-state index in [0.717, 1.165) is 0 Å². The topological polar surface area (TPSA) is 102 Å². The van der Waals surface area contributed by atoms with E-state index in [-0.39, 0.29) is 12.5 Å². The Labute approximate surface area is 95.1 Å². The van der Waals surface area contributed by atoms with Crippen LogP contribution in [0.3, 0.4) is 0 Å². The van der Waals surface area contributed by atoms with E-state index in [1.165, 1.54) is 7.11 Å². The summed E-state index contributed by atoms with van der Waals surface area (Å²) >= 11 is 0. The third-order valence-corrected chi connectivity index (χ3v) is 2.01. The smallest absolute Gasteiger partial charge is 0.328 e. The molecule has 4 N–H and O–H groups in total. The van der Waals surface area contributed by atoms with Gasteiger partial charge < -0.3 is 20.9 Å². The summed E-state index contributed by atoms with van der Waals surface area (Å²) in [5.74, 6) is -1.31. The van der Waals surface area contributed by atoms with Gasteiger partial charge in [0.2, 0.25) is 5.91 Å². The molecule has 0 rings (SSSR count). The predicted molar refractivity (Wildman–Crippen MR) is 58.9 cm³/mol. The lowest BCUT2D eigenvalue weighted by atomic mass is 10.0. The van der Waals surface area contributed by atoms with Crippen LogP contribution in [0.5, 0.6) is 0 Å². The maximum absolute atomic E-state index is 11.5. The number of carboxylic acids is 1. The Bertz CT molecular complexity index is 243. The Morgan fingerprint density at radius 2 is 2.00 bits per heavy atom. The van der Waals surface area contributed by atoms with Crippen molar-refractivity contribution in [1.29, 1.82) is 0 Å². The van der Waals surface area contributed by atoms with E-state index in [9.17, 15) is 9.59 Å². The summed E-state index contributed by atoms with van der Waals surface area (Å²) in [7, 11) is 1.37. The van der Waals surface area contributed by atoms with Gasteiger partial charge in [-0.1, -0.05) is 13.8 Å². The number of rotatable bonds is 7. The molecule has 0 fully saturated rings. The van der Waals surface area contributed by atoms with Gasteiger partial charge in [-0.05, 0) is 12.3 Å². The van der Waals surface area contributed by atoms with E-state index in [0.29, 0.717) is 6.42 Å². The molecule has 1 amide bonds. The number of aliphatic carboxylic acids is 1. The largest absolute Gasteiger partial charge is 0.480 e. The van der Waals surface area contributed by atoms with Crippen LogP contribution in [0.2, 0.25) is 0 Å². The molecule has 0 aromatic rings. The van der Waals surface area contributed by atoms with Gasteiger partial charge in [0, 0.05) is 7.11 Å². The van der Waals surface area contributed by atoms with Crippen molar-refractivity contribution in [3.05, 3.63) is 0 Å². The Kier molecular flexibility index (Phi) is 6.67. The first kappa shape index (κ1) is 14.9. The van der Waals surface area contributed by atoms with E-state index in [4.69, 9.17) is 15.6 Å². The first-order chi connectivity index (χ1) is 7.38. The second-order valence-electron chi connectivity index (χ2n) is 4.09. The van der Waals surface area contributed by atoms with E-state index < -0.39 is 24.0 Å². The number of carboxylic acid groups (broad SMARTS) is 1. The monoisotopic (exact) mass is 232 g/mol. The van der Waals surface area contributed by atoms with Crippen LogP contribution >= 0.6 is 0 Å². The molecule has 0 radical (unpaired) electrons. The van der Waals surface area contributed by atoms with Crippen LogP contribution in [-0.2, 0) is 14.3 Å². The summed E-state index contributed by atoms with van der Waals surface area (Å²) in [6.07, 6.45) is 0.519. The van der Waals surface area contributed by atoms with E-state index in [1.54, 1.807) is 0 Å². The van der Waals surface area contributed by atoms with Crippen LogP contribution in [0.4, 0.5) is 0 Å². The summed E-state index contributed by atoms with van der Waals surface area (Å²) in [6.45, 7) is 3.81. The van der Waals surface area contributed by atoms with E-state index >= 15 is 0 Å². The first-order valence-electron chi connectivity index (χ1n) is 5.16. The molecule has 16 heavy (non-hydrogen) atoms. The number of carbonyl (C=O) groups excluding carboxylic acids is 1. The minimum absolute atomic E-state index is 0.0739. The second kappa shape index (κ2) is 7.19. The highest BCUT2D eigenvalue weighted by Crippen LogP contribution is 2.02. The van der Waals surface area contributed by atoms with Gasteiger partial charge in [-0.15, -0.1) is 0 Å². The zero-order valence-corrected chi connectivity index (χ0v) is 9.90. The Morgan fingerprint density at radius 1 is 1.44 bits per heavy atom. The maximum atomic E-state index is 11.5. The molecule has 0 aromatic carbocycles. The minimum Gasteiger partial charge on any atom is -0.480 e. The number of methoxy groups -OCH3 is 1. The molecule has 0 aliphatic rings. The Hall–Kier alpha value is -1.14. The fraction of sp³-hybridized carbons (Fsp3) is 0.800. The van der Waals surface area contributed by atoms with E-state index in [1.807, 2.05) is 13.8 Å². The third-order valence-electron chi connectivity index (χ3n) is 2.01. The molecular weight excluding hydrogens is 212 g/mol. The normalized spacial score (nSPS) is 14.6. The Morgan fingerprint density at radius 3 is 2.38 bits per heavy atom. The molecule has 6 nitrogen and oxygen atoms in total. The molecule has 0 saturated carbocycles. The van der Waals surface area contributed by atoms with Gasteiger partial charge in [-0.3, -0.25) is 4.79 Å². The molecule has 0 aliphatic carbocycles. The van der Waals surface area contributed by atoms with Gasteiger partial charge in [0.1, 0.15) is 0 Å². The highest BCUT2D eigenvalue weighted by atomic mass is 16.5. The van der Waals surface area contributed by atoms with Crippen molar-refractivity contribution in [2.24, 2.45) is 11.7 Å². The number of carbonyl (C=O) groups is 2. The van der Waals surface area contributed by atoms with Gasteiger partial charge >= 0.3 is 5.97 Å². The highest BCUT2D eigenvalue weighted by molar-refractivity contribution is 5.86. The fourth-order valence-electron chi connectivity index (χ4n) is 1.24. The van der Waals surface area contributed by atoms with Crippen molar-refractivity contribution in [1.82, 2.24) is 5.32 Å². The van der Waals surface area contributed by atoms with Crippen LogP contribution in [-0.4, -0.2) is 42.8 Å². The van der Waals surface area contributed by atoms with Gasteiger partial charge in [-0.2, -0.15) is 0 Å². The molecule has 6 heteroatoms. The van der Waals surface area contributed by atoms with Crippen molar-refractivity contribution in [2.75, 3.05) is 13.7 Å². The quantitative estimate of drug-likeness (QED) is 0.553. The summed E-state index contributed by atoms with van der Waals surface area (Å²) < 4.78 is 4.69. The highest BCUT2D eigenvalue weighted by Gasteiger charge is 2.23.